The number of amides is 3. The molecule has 2 atom stereocenters. The lowest BCUT2D eigenvalue weighted by atomic mass is 9.78. The summed E-state index contributed by atoms with van der Waals surface area (Å²) < 4.78 is 0. The van der Waals surface area contributed by atoms with Crippen LogP contribution in [0.1, 0.15) is 42.7 Å². The molecule has 3 amide bonds. The van der Waals surface area contributed by atoms with Crippen molar-refractivity contribution in [2.45, 2.75) is 44.1 Å². The van der Waals surface area contributed by atoms with Gasteiger partial charge in [-0.25, -0.2) is 4.79 Å². The number of likely N-dealkylation sites (tertiary alicyclic amines) is 1. The molecule has 1 N–H and O–H groups in total. The van der Waals surface area contributed by atoms with E-state index in [1.807, 2.05) is 0 Å². The van der Waals surface area contributed by atoms with Crippen LogP contribution >= 0.6 is 0 Å². The third-order valence-electron chi connectivity index (χ3n) is 5.84. The Morgan fingerprint density at radius 2 is 1.96 bits per heavy atom. The van der Waals surface area contributed by atoms with Crippen LogP contribution in [-0.4, -0.2) is 54.0 Å². The second-order valence-electron chi connectivity index (χ2n) is 7.15. The quantitative estimate of drug-likeness (QED) is 0.862. The molecule has 0 spiro atoms. The van der Waals surface area contributed by atoms with E-state index in [4.69, 9.17) is 0 Å². The molecule has 128 valence electrons. The molecule has 1 aromatic carbocycles. The first-order chi connectivity index (χ1) is 11.7. The zero-order valence-corrected chi connectivity index (χ0v) is 14.0. The zero-order chi connectivity index (χ0) is 16.5. The third kappa shape index (κ3) is 2.81. The van der Waals surface area contributed by atoms with Crippen molar-refractivity contribution in [2.24, 2.45) is 0 Å². The molecule has 5 nitrogen and oxygen atoms in total. The molecule has 2 fully saturated rings. The summed E-state index contributed by atoms with van der Waals surface area (Å²) in [5.41, 5.74) is 3.03. The molecular weight excluding hydrogens is 302 g/mol. The first-order valence-corrected chi connectivity index (χ1v) is 9.14. The van der Waals surface area contributed by atoms with Crippen LogP contribution in [0, 0.1) is 0 Å². The first-order valence-electron chi connectivity index (χ1n) is 9.14. The average Bonchev–Trinajstić information content (AvgIpc) is 3.19. The lowest BCUT2D eigenvalue weighted by molar-refractivity contribution is -0.125. The summed E-state index contributed by atoms with van der Waals surface area (Å²) in [5, 5.41) is 2.60. The molecule has 1 aliphatic carbocycles. The van der Waals surface area contributed by atoms with Crippen LogP contribution in [0.2, 0.25) is 0 Å². The molecule has 0 radical (unpaired) electrons. The van der Waals surface area contributed by atoms with Crippen LogP contribution in [0.5, 0.6) is 0 Å². The SMILES string of the molecule is O=C1CNC(=O)N1CCN1CCC[C@@H]1[C@H]1CCCc2ccccc21. The number of nitrogens with zero attached hydrogens (tertiary/aromatic N) is 2. The van der Waals surface area contributed by atoms with E-state index >= 15 is 0 Å². The normalized spacial score (nSPS) is 27.4. The number of carbonyl (C=O) groups excluding carboxylic acids is 2. The van der Waals surface area contributed by atoms with Gasteiger partial charge in [-0.2, -0.15) is 0 Å². The minimum absolute atomic E-state index is 0.0984. The number of imide groups is 1. The average molecular weight is 327 g/mol. The van der Waals surface area contributed by atoms with Gasteiger partial charge in [0.2, 0.25) is 5.91 Å². The molecule has 2 aliphatic heterocycles. The van der Waals surface area contributed by atoms with Crippen LogP contribution in [0.3, 0.4) is 0 Å². The Morgan fingerprint density at radius 1 is 1.08 bits per heavy atom. The molecular formula is C19H25N3O2. The van der Waals surface area contributed by atoms with Crippen molar-refractivity contribution in [3.05, 3.63) is 35.4 Å². The van der Waals surface area contributed by atoms with Crippen LogP contribution in [-0.2, 0) is 11.2 Å². The van der Waals surface area contributed by atoms with E-state index in [2.05, 4.69) is 34.5 Å². The molecule has 0 unspecified atom stereocenters. The Labute approximate surface area is 143 Å². The van der Waals surface area contributed by atoms with Gasteiger partial charge in [-0.05, 0) is 55.7 Å². The van der Waals surface area contributed by atoms with Gasteiger partial charge >= 0.3 is 6.03 Å². The fourth-order valence-electron chi connectivity index (χ4n) is 4.69. The standard InChI is InChI=1S/C19H25N3O2/c23-18-13-20-19(24)22(18)12-11-21-10-4-9-17(21)16-8-3-6-14-5-1-2-7-15(14)16/h1-2,5,7,16-17H,3-4,6,8-13H2,(H,20,24)/t16-,17+/m0/s1. The maximum atomic E-state index is 11.8. The number of rotatable bonds is 4. The minimum Gasteiger partial charge on any atom is -0.329 e. The molecule has 0 aromatic heterocycles. The second kappa shape index (κ2) is 6.55. The van der Waals surface area contributed by atoms with Gasteiger partial charge < -0.3 is 5.32 Å². The van der Waals surface area contributed by atoms with E-state index in [1.165, 1.54) is 48.1 Å². The highest BCUT2D eigenvalue weighted by molar-refractivity contribution is 6.01. The second-order valence-corrected chi connectivity index (χ2v) is 7.15. The van der Waals surface area contributed by atoms with Crippen LogP contribution in [0.25, 0.3) is 0 Å². The van der Waals surface area contributed by atoms with E-state index in [-0.39, 0.29) is 18.5 Å². The highest BCUT2D eigenvalue weighted by atomic mass is 16.2. The Morgan fingerprint density at radius 3 is 2.79 bits per heavy atom. The molecule has 1 aromatic rings. The van der Waals surface area contributed by atoms with Gasteiger partial charge in [0.25, 0.3) is 0 Å². The van der Waals surface area contributed by atoms with Gasteiger partial charge in [0.15, 0.2) is 0 Å². The lowest BCUT2D eigenvalue weighted by Gasteiger charge is -2.36. The number of fused-ring (bicyclic) bond motifs is 1. The van der Waals surface area contributed by atoms with E-state index in [9.17, 15) is 9.59 Å². The molecule has 4 rings (SSSR count). The summed E-state index contributed by atoms with van der Waals surface area (Å²) in [6, 6.07) is 9.18. The van der Waals surface area contributed by atoms with Gasteiger partial charge in [-0.3, -0.25) is 14.6 Å². The molecule has 24 heavy (non-hydrogen) atoms. The van der Waals surface area contributed by atoms with Crippen molar-refractivity contribution >= 4 is 11.9 Å². The fourth-order valence-corrected chi connectivity index (χ4v) is 4.69. The van der Waals surface area contributed by atoms with Gasteiger partial charge in [0.1, 0.15) is 0 Å². The van der Waals surface area contributed by atoms with E-state index in [1.54, 1.807) is 0 Å². The van der Waals surface area contributed by atoms with Gasteiger partial charge in [0, 0.05) is 19.1 Å². The van der Waals surface area contributed by atoms with Gasteiger partial charge in [-0.15, -0.1) is 0 Å². The Balaban J connectivity index is 1.46. The summed E-state index contributed by atoms with van der Waals surface area (Å²) in [5.74, 6) is 0.499. The number of hydrogen-bond donors (Lipinski definition) is 1. The third-order valence-corrected chi connectivity index (χ3v) is 5.84. The molecule has 0 saturated carbocycles. The number of hydrogen-bond acceptors (Lipinski definition) is 3. The van der Waals surface area contributed by atoms with Gasteiger partial charge in [-0.1, -0.05) is 24.3 Å². The number of carbonyl (C=O) groups is 2. The summed E-state index contributed by atoms with van der Waals surface area (Å²) >= 11 is 0. The highest BCUT2D eigenvalue weighted by Gasteiger charge is 2.36. The summed E-state index contributed by atoms with van der Waals surface area (Å²) in [4.78, 5) is 27.3. The van der Waals surface area contributed by atoms with E-state index < -0.39 is 0 Å². The topological polar surface area (TPSA) is 52.7 Å². The van der Waals surface area contributed by atoms with Crippen molar-refractivity contribution in [1.29, 1.82) is 0 Å². The number of nitrogens with one attached hydrogen (secondary N) is 1. The first kappa shape index (κ1) is 15.6. The molecule has 0 bridgehead atoms. The fraction of sp³-hybridized carbons (Fsp3) is 0.579. The van der Waals surface area contributed by atoms with Crippen molar-refractivity contribution in [3.63, 3.8) is 0 Å². The Kier molecular flexibility index (Phi) is 4.27. The maximum Gasteiger partial charge on any atom is 0.324 e. The van der Waals surface area contributed by atoms with E-state index in [0.717, 1.165) is 13.1 Å². The van der Waals surface area contributed by atoms with Crippen LogP contribution in [0.4, 0.5) is 4.79 Å². The lowest BCUT2D eigenvalue weighted by Crippen LogP contribution is -2.42. The summed E-state index contributed by atoms with van der Waals surface area (Å²) in [6.07, 6.45) is 6.14. The molecule has 3 aliphatic rings. The smallest absolute Gasteiger partial charge is 0.324 e. The Hall–Kier alpha value is -1.88. The molecule has 5 heteroatoms. The van der Waals surface area contributed by atoms with Crippen LogP contribution in [0.15, 0.2) is 24.3 Å². The molecule has 2 heterocycles. The zero-order valence-electron chi connectivity index (χ0n) is 14.0. The van der Waals surface area contributed by atoms with Crippen molar-refractivity contribution < 1.29 is 9.59 Å². The van der Waals surface area contributed by atoms with Gasteiger partial charge in [0.05, 0.1) is 6.54 Å². The highest BCUT2D eigenvalue weighted by Crippen LogP contribution is 2.39. The number of benzene rings is 1. The monoisotopic (exact) mass is 327 g/mol. The van der Waals surface area contributed by atoms with Crippen LogP contribution < -0.4 is 5.32 Å². The Bertz CT molecular complexity index is 629. The molecule has 2 saturated heterocycles. The predicted octanol–water partition coefficient (Wildman–Crippen LogP) is 2.12. The summed E-state index contributed by atoms with van der Waals surface area (Å²) in [7, 11) is 0. The van der Waals surface area contributed by atoms with Crippen molar-refractivity contribution in [2.75, 3.05) is 26.2 Å². The summed E-state index contributed by atoms with van der Waals surface area (Å²) in [6.45, 7) is 2.53. The van der Waals surface area contributed by atoms with E-state index in [0.29, 0.717) is 18.5 Å². The largest absolute Gasteiger partial charge is 0.329 e. The number of aryl methyl sites for hydroxylation is 1. The van der Waals surface area contributed by atoms with Crippen molar-refractivity contribution in [3.8, 4) is 0 Å². The predicted molar refractivity (Wildman–Crippen MR) is 91.8 cm³/mol. The maximum absolute atomic E-state index is 11.8. The van der Waals surface area contributed by atoms with Crippen molar-refractivity contribution in [1.82, 2.24) is 15.1 Å². The minimum atomic E-state index is -0.237. The number of urea groups is 1.